The molecular weight excluding hydrogens is 130 g/mol. The van der Waals surface area contributed by atoms with Crippen LogP contribution in [0, 0.1) is 0 Å². The molecule has 1 fully saturated rings. The molecule has 1 nitrogen and oxygen atoms in total. The topological polar surface area (TPSA) is 21.9 Å². The highest BCUT2D eigenvalue weighted by Gasteiger charge is 2.38. The molecule has 1 aromatic rings. The summed E-state index contributed by atoms with van der Waals surface area (Å²) < 4.78 is 0. The van der Waals surface area contributed by atoms with Crippen molar-refractivity contribution < 1.29 is 0 Å². The normalized spacial score (nSPS) is 32.6. The fraction of sp³-hybridized carbons (Fsp3) is 0.429. The van der Waals surface area contributed by atoms with Gasteiger partial charge in [0.05, 0.1) is 5.54 Å². The Morgan fingerprint density at radius 2 is 2.56 bits per heavy atom. The third-order valence-electron chi connectivity index (χ3n) is 1.77. The lowest BCUT2D eigenvalue weighted by atomic mass is 10.1. The van der Waals surface area contributed by atoms with Gasteiger partial charge in [-0.25, -0.2) is 0 Å². The Balaban J connectivity index is 2.34. The van der Waals surface area contributed by atoms with E-state index in [0.29, 0.717) is 5.54 Å². The van der Waals surface area contributed by atoms with E-state index in [9.17, 15) is 0 Å². The minimum Gasteiger partial charge on any atom is -0.304 e. The molecular formula is C7H9NS. The van der Waals surface area contributed by atoms with Crippen molar-refractivity contribution in [1.29, 1.82) is 0 Å². The maximum atomic E-state index is 3.32. The SMILES string of the molecule is CC1(c2cccs2)CN1. The molecule has 2 heterocycles. The van der Waals surface area contributed by atoms with Crippen LogP contribution in [0.15, 0.2) is 17.5 Å². The highest BCUT2D eigenvalue weighted by molar-refractivity contribution is 7.10. The van der Waals surface area contributed by atoms with E-state index in [1.54, 1.807) is 0 Å². The predicted octanol–water partition coefficient (Wildman–Crippen LogP) is 1.57. The van der Waals surface area contributed by atoms with E-state index in [1.807, 2.05) is 11.3 Å². The third kappa shape index (κ3) is 0.787. The average Bonchev–Trinajstić information content (AvgIpc) is 2.46. The lowest BCUT2D eigenvalue weighted by Crippen LogP contribution is -2.02. The summed E-state index contributed by atoms with van der Waals surface area (Å²) in [5, 5.41) is 5.45. The Kier molecular flexibility index (Phi) is 0.957. The van der Waals surface area contributed by atoms with Gasteiger partial charge in [-0.05, 0) is 18.4 Å². The van der Waals surface area contributed by atoms with Crippen LogP contribution in [-0.4, -0.2) is 6.54 Å². The van der Waals surface area contributed by atoms with E-state index in [1.165, 1.54) is 4.88 Å². The van der Waals surface area contributed by atoms with E-state index in [2.05, 4.69) is 29.8 Å². The van der Waals surface area contributed by atoms with Gasteiger partial charge in [0.2, 0.25) is 0 Å². The fourth-order valence-electron chi connectivity index (χ4n) is 0.899. The smallest absolute Gasteiger partial charge is 0.0627 e. The zero-order valence-corrected chi connectivity index (χ0v) is 6.16. The van der Waals surface area contributed by atoms with Gasteiger partial charge < -0.3 is 5.32 Å². The van der Waals surface area contributed by atoms with Crippen molar-refractivity contribution in [3.05, 3.63) is 22.4 Å². The van der Waals surface area contributed by atoms with Crippen LogP contribution in [0.3, 0.4) is 0 Å². The average molecular weight is 139 g/mol. The van der Waals surface area contributed by atoms with Crippen molar-refractivity contribution in [3.8, 4) is 0 Å². The van der Waals surface area contributed by atoms with Gasteiger partial charge in [-0.3, -0.25) is 0 Å². The molecule has 1 aromatic heterocycles. The molecule has 0 aromatic carbocycles. The fourth-order valence-corrected chi connectivity index (χ4v) is 1.76. The summed E-state index contributed by atoms with van der Waals surface area (Å²) in [6.07, 6.45) is 0. The third-order valence-corrected chi connectivity index (χ3v) is 2.91. The highest BCUT2D eigenvalue weighted by Crippen LogP contribution is 2.32. The van der Waals surface area contributed by atoms with Gasteiger partial charge in [0.1, 0.15) is 0 Å². The molecule has 1 aliphatic rings. The molecule has 0 saturated carbocycles. The molecule has 0 amide bonds. The van der Waals surface area contributed by atoms with Gasteiger partial charge >= 0.3 is 0 Å². The summed E-state index contributed by atoms with van der Waals surface area (Å²) in [6.45, 7) is 3.38. The molecule has 1 saturated heterocycles. The maximum absolute atomic E-state index is 3.32. The van der Waals surface area contributed by atoms with Crippen molar-refractivity contribution >= 4 is 11.3 Å². The second-order valence-corrected chi connectivity index (χ2v) is 3.61. The minimum absolute atomic E-state index is 0.341. The van der Waals surface area contributed by atoms with Crippen LogP contribution in [-0.2, 0) is 5.54 Å². The predicted molar refractivity (Wildman–Crippen MR) is 39.7 cm³/mol. The van der Waals surface area contributed by atoms with Gasteiger partial charge in [0, 0.05) is 11.4 Å². The van der Waals surface area contributed by atoms with Gasteiger partial charge in [-0.1, -0.05) is 6.07 Å². The largest absolute Gasteiger partial charge is 0.304 e. The number of hydrogen-bond acceptors (Lipinski definition) is 2. The summed E-state index contributed by atoms with van der Waals surface area (Å²) >= 11 is 1.83. The molecule has 1 unspecified atom stereocenters. The van der Waals surface area contributed by atoms with Crippen LogP contribution in [0.5, 0.6) is 0 Å². The number of hydrogen-bond donors (Lipinski definition) is 1. The number of nitrogens with one attached hydrogen (secondary N) is 1. The van der Waals surface area contributed by atoms with E-state index in [4.69, 9.17) is 0 Å². The highest BCUT2D eigenvalue weighted by atomic mass is 32.1. The number of rotatable bonds is 1. The Morgan fingerprint density at radius 3 is 3.00 bits per heavy atom. The molecule has 1 aliphatic heterocycles. The van der Waals surface area contributed by atoms with E-state index in [-0.39, 0.29) is 0 Å². The number of thiophene rings is 1. The summed E-state index contributed by atoms with van der Waals surface area (Å²) in [6, 6.07) is 4.29. The monoisotopic (exact) mass is 139 g/mol. The molecule has 2 rings (SSSR count). The zero-order chi connectivity index (χ0) is 6.32. The molecule has 0 radical (unpaired) electrons. The van der Waals surface area contributed by atoms with E-state index >= 15 is 0 Å². The first kappa shape index (κ1) is 5.45. The summed E-state index contributed by atoms with van der Waals surface area (Å²) in [5.74, 6) is 0. The van der Waals surface area contributed by atoms with Gasteiger partial charge in [0.15, 0.2) is 0 Å². The van der Waals surface area contributed by atoms with Crippen LogP contribution in [0.1, 0.15) is 11.8 Å². The maximum Gasteiger partial charge on any atom is 0.0627 e. The lowest BCUT2D eigenvalue weighted by molar-refractivity contribution is 0.784. The van der Waals surface area contributed by atoms with E-state index < -0.39 is 0 Å². The summed E-state index contributed by atoms with van der Waals surface area (Å²) in [7, 11) is 0. The van der Waals surface area contributed by atoms with Crippen LogP contribution in [0.4, 0.5) is 0 Å². The Bertz CT molecular complexity index is 199. The van der Waals surface area contributed by atoms with Crippen LogP contribution >= 0.6 is 11.3 Å². The standard InChI is InChI=1S/C7H9NS/c1-7(5-8-7)6-3-2-4-9-6/h2-4,8H,5H2,1H3. The molecule has 1 atom stereocenters. The molecule has 0 spiro atoms. The van der Waals surface area contributed by atoms with Crippen LogP contribution < -0.4 is 5.32 Å². The Morgan fingerprint density at radius 1 is 1.78 bits per heavy atom. The molecule has 1 N–H and O–H groups in total. The van der Waals surface area contributed by atoms with Gasteiger partial charge in [0.25, 0.3) is 0 Å². The van der Waals surface area contributed by atoms with E-state index in [0.717, 1.165) is 6.54 Å². The van der Waals surface area contributed by atoms with Crippen LogP contribution in [0.2, 0.25) is 0 Å². The summed E-state index contributed by atoms with van der Waals surface area (Å²) in [5.41, 5.74) is 0.341. The minimum atomic E-state index is 0.341. The van der Waals surface area contributed by atoms with Gasteiger partial charge in [-0.2, -0.15) is 0 Å². The Hall–Kier alpha value is -0.340. The first-order chi connectivity index (χ1) is 4.31. The molecule has 2 heteroatoms. The molecule has 9 heavy (non-hydrogen) atoms. The van der Waals surface area contributed by atoms with Crippen molar-refractivity contribution in [1.82, 2.24) is 5.32 Å². The first-order valence-electron chi connectivity index (χ1n) is 3.10. The van der Waals surface area contributed by atoms with Gasteiger partial charge in [-0.15, -0.1) is 11.3 Å². The molecule has 0 aliphatic carbocycles. The molecule has 0 bridgehead atoms. The van der Waals surface area contributed by atoms with Crippen molar-refractivity contribution in [3.63, 3.8) is 0 Å². The Labute approximate surface area is 58.7 Å². The van der Waals surface area contributed by atoms with Crippen LogP contribution in [0.25, 0.3) is 0 Å². The van der Waals surface area contributed by atoms with Crippen molar-refractivity contribution in [2.24, 2.45) is 0 Å². The van der Waals surface area contributed by atoms with Crippen molar-refractivity contribution in [2.75, 3.05) is 6.54 Å². The second kappa shape index (κ2) is 1.58. The first-order valence-corrected chi connectivity index (χ1v) is 3.98. The second-order valence-electron chi connectivity index (χ2n) is 2.66. The zero-order valence-electron chi connectivity index (χ0n) is 5.35. The quantitative estimate of drug-likeness (QED) is 0.586. The molecule has 48 valence electrons. The lowest BCUT2D eigenvalue weighted by Gasteiger charge is -1.99. The summed E-state index contributed by atoms with van der Waals surface area (Å²) in [4.78, 5) is 1.46. The van der Waals surface area contributed by atoms with Crippen molar-refractivity contribution in [2.45, 2.75) is 12.5 Å².